The number of rotatable bonds is 6. The zero-order chi connectivity index (χ0) is 20.3. The van der Waals surface area contributed by atoms with Crippen LogP contribution in [0.4, 0.5) is 0 Å². The summed E-state index contributed by atoms with van der Waals surface area (Å²) in [7, 11) is 0. The van der Waals surface area contributed by atoms with Crippen LogP contribution in [0.15, 0.2) is 36.4 Å². The number of aromatic nitrogens is 2. The lowest BCUT2D eigenvalue weighted by Crippen LogP contribution is -2.48. The Morgan fingerprint density at radius 2 is 1.82 bits per heavy atom. The molecule has 0 bridgehead atoms. The summed E-state index contributed by atoms with van der Waals surface area (Å²) in [4.78, 5) is 26.9. The van der Waals surface area contributed by atoms with Crippen LogP contribution in [0.2, 0.25) is 0 Å². The number of carboxylic acid groups (broad SMARTS) is 1. The molecule has 1 N–H and O–H groups in total. The highest BCUT2D eigenvalue weighted by Crippen LogP contribution is 2.36. The molecule has 1 aromatic heterocycles. The molecule has 0 spiro atoms. The summed E-state index contributed by atoms with van der Waals surface area (Å²) >= 11 is 0. The maximum absolute atomic E-state index is 13.1. The predicted octanol–water partition coefficient (Wildman–Crippen LogP) is 3.58. The minimum atomic E-state index is -0.813. The lowest BCUT2D eigenvalue weighted by Gasteiger charge is -2.39. The number of amides is 1. The highest BCUT2D eigenvalue weighted by atomic mass is 16.4. The molecule has 1 amide bonds. The van der Waals surface area contributed by atoms with Gasteiger partial charge in [-0.2, -0.15) is 5.10 Å². The lowest BCUT2D eigenvalue weighted by atomic mass is 9.74. The number of benzene rings is 1. The number of carboxylic acids is 1. The molecular formula is C22H29N3O3. The van der Waals surface area contributed by atoms with Gasteiger partial charge in [-0.05, 0) is 43.7 Å². The molecule has 6 nitrogen and oxygen atoms in total. The van der Waals surface area contributed by atoms with Crippen molar-refractivity contribution >= 4 is 11.9 Å². The average Bonchev–Trinajstić information content (AvgIpc) is 3.13. The molecule has 1 aliphatic heterocycles. The summed E-state index contributed by atoms with van der Waals surface area (Å²) in [6.07, 6.45) is 1.41. The van der Waals surface area contributed by atoms with E-state index >= 15 is 0 Å². The van der Waals surface area contributed by atoms with Gasteiger partial charge in [-0.3, -0.25) is 14.3 Å². The van der Waals surface area contributed by atoms with Crippen LogP contribution in [0.5, 0.6) is 0 Å². The maximum Gasteiger partial charge on any atom is 0.310 e. The Morgan fingerprint density at radius 3 is 2.36 bits per heavy atom. The van der Waals surface area contributed by atoms with E-state index in [1.54, 1.807) is 9.58 Å². The topological polar surface area (TPSA) is 75.4 Å². The second kappa shape index (κ2) is 8.17. The first-order chi connectivity index (χ1) is 13.4. The fourth-order valence-electron chi connectivity index (χ4n) is 3.88. The summed E-state index contributed by atoms with van der Waals surface area (Å²) in [6, 6.07) is 11.6. The second-order valence-electron chi connectivity index (χ2n) is 7.96. The third kappa shape index (κ3) is 3.96. The summed E-state index contributed by atoms with van der Waals surface area (Å²) in [6.45, 7) is 7.62. The Bertz CT molecular complexity index is 834. The Balaban J connectivity index is 1.75. The van der Waals surface area contributed by atoms with Crippen molar-refractivity contribution in [2.75, 3.05) is 13.1 Å². The van der Waals surface area contributed by atoms with E-state index in [4.69, 9.17) is 0 Å². The average molecular weight is 383 g/mol. The fourth-order valence-corrected chi connectivity index (χ4v) is 3.88. The van der Waals surface area contributed by atoms with Gasteiger partial charge in [0.2, 0.25) is 0 Å². The molecule has 0 aliphatic carbocycles. The van der Waals surface area contributed by atoms with Crippen LogP contribution in [0.3, 0.4) is 0 Å². The zero-order valence-corrected chi connectivity index (χ0v) is 16.9. The number of hydrogen-bond acceptors (Lipinski definition) is 3. The van der Waals surface area contributed by atoms with Crippen molar-refractivity contribution in [1.29, 1.82) is 0 Å². The van der Waals surface area contributed by atoms with Crippen molar-refractivity contribution in [2.45, 2.75) is 52.5 Å². The monoisotopic (exact) mass is 383 g/mol. The Hall–Kier alpha value is -2.63. The summed E-state index contributed by atoms with van der Waals surface area (Å²) in [5.74, 6) is -0.574. The van der Waals surface area contributed by atoms with Crippen LogP contribution in [0, 0.1) is 5.41 Å². The molecule has 3 rings (SSSR count). The Morgan fingerprint density at radius 1 is 1.18 bits per heavy atom. The first-order valence-corrected chi connectivity index (χ1v) is 10.0. The van der Waals surface area contributed by atoms with Crippen molar-refractivity contribution in [1.82, 2.24) is 14.7 Å². The van der Waals surface area contributed by atoms with Crippen LogP contribution in [0.25, 0.3) is 0 Å². The lowest BCUT2D eigenvalue weighted by molar-refractivity contribution is -0.151. The number of carbonyl (C=O) groups excluding carboxylic acids is 1. The summed E-state index contributed by atoms with van der Waals surface area (Å²) in [5.41, 5.74) is 1.71. The molecule has 0 unspecified atom stereocenters. The van der Waals surface area contributed by atoms with Crippen LogP contribution in [-0.4, -0.2) is 44.8 Å². The smallest absolute Gasteiger partial charge is 0.310 e. The molecule has 0 radical (unpaired) electrons. The largest absolute Gasteiger partial charge is 0.481 e. The van der Waals surface area contributed by atoms with Gasteiger partial charge in [-0.15, -0.1) is 0 Å². The quantitative estimate of drug-likeness (QED) is 0.827. The highest BCUT2D eigenvalue weighted by Gasteiger charge is 2.42. The molecular weight excluding hydrogens is 354 g/mol. The van der Waals surface area contributed by atoms with Crippen LogP contribution >= 0.6 is 0 Å². The van der Waals surface area contributed by atoms with Crippen molar-refractivity contribution in [2.24, 2.45) is 5.41 Å². The van der Waals surface area contributed by atoms with Gasteiger partial charge in [0.1, 0.15) is 5.69 Å². The van der Waals surface area contributed by atoms with Gasteiger partial charge >= 0.3 is 5.97 Å². The Labute approximate surface area is 166 Å². The third-order valence-electron chi connectivity index (χ3n) is 5.76. The standard InChI is InChI=1S/C22H29N3O3/c1-4-25-19(14-18(23-25)16(2)3)20(26)24-12-10-22(11-13-24,21(27)28)15-17-8-6-5-7-9-17/h5-9,14,16H,4,10-13,15H2,1-3H3,(H,27,28). The van der Waals surface area contributed by atoms with Gasteiger partial charge in [0.25, 0.3) is 5.91 Å². The highest BCUT2D eigenvalue weighted by molar-refractivity contribution is 5.93. The van der Waals surface area contributed by atoms with Crippen molar-refractivity contribution in [3.63, 3.8) is 0 Å². The number of aryl methyl sites for hydroxylation is 1. The first kappa shape index (κ1) is 20.1. The van der Waals surface area contributed by atoms with Gasteiger partial charge in [-0.1, -0.05) is 44.2 Å². The molecule has 6 heteroatoms. The number of piperidine rings is 1. The zero-order valence-electron chi connectivity index (χ0n) is 16.9. The molecule has 150 valence electrons. The van der Waals surface area contributed by atoms with Crippen molar-refractivity contribution < 1.29 is 14.7 Å². The summed E-state index contributed by atoms with van der Waals surface area (Å²) in [5, 5.41) is 14.5. The van der Waals surface area contributed by atoms with Crippen LogP contribution in [-0.2, 0) is 17.8 Å². The van der Waals surface area contributed by atoms with E-state index in [9.17, 15) is 14.7 Å². The third-order valence-corrected chi connectivity index (χ3v) is 5.76. The molecule has 1 saturated heterocycles. The van der Waals surface area contributed by atoms with Crippen LogP contribution in [0.1, 0.15) is 61.3 Å². The van der Waals surface area contributed by atoms with E-state index in [1.165, 1.54) is 0 Å². The minimum absolute atomic E-state index is 0.0556. The molecule has 1 aliphatic rings. The number of likely N-dealkylation sites (tertiary alicyclic amines) is 1. The van der Waals surface area contributed by atoms with E-state index in [2.05, 4.69) is 18.9 Å². The minimum Gasteiger partial charge on any atom is -0.481 e. The molecule has 0 atom stereocenters. The predicted molar refractivity (Wildman–Crippen MR) is 107 cm³/mol. The number of hydrogen-bond donors (Lipinski definition) is 1. The molecule has 1 fully saturated rings. The molecule has 28 heavy (non-hydrogen) atoms. The molecule has 1 aromatic carbocycles. The van der Waals surface area contributed by atoms with E-state index in [1.807, 2.05) is 43.3 Å². The second-order valence-corrected chi connectivity index (χ2v) is 7.96. The van der Waals surface area contributed by atoms with Gasteiger partial charge < -0.3 is 10.0 Å². The van der Waals surface area contributed by atoms with E-state index in [0.717, 1.165) is 11.3 Å². The Kier molecular flexibility index (Phi) is 5.87. The van der Waals surface area contributed by atoms with E-state index in [0.29, 0.717) is 44.6 Å². The SMILES string of the molecule is CCn1nc(C(C)C)cc1C(=O)N1CCC(Cc2ccccc2)(C(=O)O)CC1. The van der Waals surface area contributed by atoms with Gasteiger partial charge in [0, 0.05) is 19.6 Å². The van der Waals surface area contributed by atoms with Gasteiger partial charge in [0.05, 0.1) is 11.1 Å². The molecule has 2 heterocycles. The van der Waals surface area contributed by atoms with Crippen molar-refractivity contribution in [3.05, 3.63) is 53.3 Å². The normalized spacial score (nSPS) is 16.4. The number of nitrogens with zero attached hydrogens (tertiary/aromatic N) is 3. The van der Waals surface area contributed by atoms with E-state index in [-0.39, 0.29) is 11.8 Å². The maximum atomic E-state index is 13.1. The number of carbonyl (C=O) groups is 2. The molecule has 0 saturated carbocycles. The van der Waals surface area contributed by atoms with Crippen molar-refractivity contribution in [3.8, 4) is 0 Å². The van der Waals surface area contributed by atoms with Crippen LogP contribution < -0.4 is 0 Å². The molecule has 2 aromatic rings. The van der Waals surface area contributed by atoms with E-state index < -0.39 is 11.4 Å². The summed E-state index contributed by atoms with van der Waals surface area (Å²) < 4.78 is 1.75. The first-order valence-electron chi connectivity index (χ1n) is 10.0. The van der Waals surface area contributed by atoms with Gasteiger partial charge in [-0.25, -0.2) is 0 Å². The fraction of sp³-hybridized carbons (Fsp3) is 0.500. The van der Waals surface area contributed by atoms with Gasteiger partial charge in [0.15, 0.2) is 0 Å². The number of aliphatic carboxylic acids is 1.